The second-order valence-corrected chi connectivity index (χ2v) is 9.94. The number of aromatic nitrogens is 3. The van der Waals surface area contributed by atoms with Gasteiger partial charge in [0.2, 0.25) is 5.91 Å². The van der Waals surface area contributed by atoms with Crippen molar-refractivity contribution in [3.05, 3.63) is 57.1 Å². The van der Waals surface area contributed by atoms with Crippen molar-refractivity contribution in [1.29, 1.82) is 0 Å². The van der Waals surface area contributed by atoms with Crippen LogP contribution in [0.4, 0.5) is 5.69 Å². The summed E-state index contributed by atoms with van der Waals surface area (Å²) in [5.74, 6) is 1.38. The lowest BCUT2D eigenvalue weighted by Gasteiger charge is -2.07. The summed E-state index contributed by atoms with van der Waals surface area (Å²) in [6, 6.07) is 8.08. The molecule has 0 unspecified atom stereocenters. The smallest absolute Gasteiger partial charge is 0.259 e. The van der Waals surface area contributed by atoms with E-state index in [1.54, 1.807) is 11.3 Å². The van der Waals surface area contributed by atoms with E-state index in [4.69, 9.17) is 0 Å². The second-order valence-electron chi connectivity index (χ2n) is 7.87. The Hall–Kier alpha value is -2.58. The fraction of sp³-hybridized carbons (Fsp3) is 0.348. The van der Waals surface area contributed by atoms with E-state index >= 15 is 0 Å². The predicted molar refractivity (Wildman–Crippen MR) is 129 cm³/mol. The van der Waals surface area contributed by atoms with E-state index in [1.165, 1.54) is 27.7 Å². The van der Waals surface area contributed by atoms with Crippen LogP contribution in [0.1, 0.15) is 36.0 Å². The standard InChI is InChI=1S/C23H24N4O2S2/c1-2-9-27-10-8-14-11-15(6-7-17(14)27)24-20(28)13-30-12-19-25-22(29)21-16-4-3-5-18(16)31-23(21)26-19/h6-8,10-11H,2-5,9,12-13H2,1H3,(H,24,28)(H,25,26,29). The monoisotopic (exact) mass is 452 g/mol. The van der Waals surface area contributed by atoms with Crippen molar-refractivity contribution in [1.82, 2.24) is 14.5 Å². The van der Waals surface area contributed by atoms with Crippen LogP contribution in [0, 0.1) is 0 Å². The predicted octanol–water partition coefficient (Wildman–Crippen LogP) is 4.71. The third-order valence-electron chi connectivity index (χ3n) is 5.62. The van der Waals surface area contributed by atoms with E-state index in [-0.39, 0.29) is 11.5 Å². The average Bonchev–Trinajstić information content (AvgIpc) is 3.43. The molecule has 0 saturated heterocycles. The molecular formula is C23H24N4O2S2. The van der Waals surface area contributed by atoms with E-state index < -0.39 is 0 Å². The number of nitrogens with zero attached hydrogens (tertiary/aromatic N) is 2. The fourth-order valence-corrected chi connectivity index (χ4v) is 6.24. The number of aromatic amines is 1. The van der Waals surface area contributed by atoms with Crippen molar-refractivity contribution < 1.29 is 4.79 Å². The Morgan fingerprint density at radius 1 is 1.32 bits per heavy atom. The van der Waals surface area contributed by atoms with Crippen molar-refractivity contribution in [2.24, 2.45) is 0 Å². The van der Waals surface area contributed by atoms with E-state index in [0.717, 1.165) is 53.5 Å². The summed E-state index contributed by atoms with van der Waals surface area (Å²) in [5, 5.41) is 4.86. The van der Waals surface area contributed by atoms with Crippen LogP contribution in [-0.4, -0.2) is 26.2 Å². The van der Waals surface area contributed by atoms with Crippen molar-refractivity contribution in [3.63, 3.8) is 0 Å². The summed E-state index contributed by atoms with van der Waals surface area (Å²) >= 11 is 3.09. The first-order valence-corrected chi connectivity index (χ1v) is 12.6. The quantitative estimate of drug-likeness (QED) is 0.426. The molecule has 6 nitrogen and oxygen atoms in total. The molecule has 3 aromatic heterocycles. The van der Waals surface area contributed by atoms with Gasteiger partial charge >= 0.3 is 0 Å². The lowest BCUT2D eigenvalue weighted by molar-refractivity contribution is -0.113. The number of aryl methyl sites for hydroxylation is 3. The molecule has 31 heavy (non-hydrogen) atoms. The Balaban J connectivity index is 1.20. The summed E-state index contributed by atoms with van der Waals surface area (Å²) < 4.78 is 2.23. The van der Waals surface area contributed by atoms with Crippen LogP contribution in [0.15, 0.2) is 35.3 Å². The third kappa shape index (κ3) is 4.02. The summed E-state index contributed by atoms with van der Waals surface area (Å²) in [7, 11) is 0. The zero-order valence-electron chi connectivity index (χ0n) is 17.4. The molecule has 2 N–H and O–H groups in total. The molecule has 0 atom stereocenters. The highest BCUT2D eigenvalue weighted by atomic mass is 32.2. The molecule has 5 rings (SSSR count). The first kappa shape index (κ1) is 20.3. The third-order valence-corrected chi connectivity index (χ3v) is 7.74. The number of carbonyl (C=O) groups is 1. The Morgan fingerprint density at radius 3 is 3.10 bits per heavy atom. The van der Waals surface area contributed by atoms with Crippen molar-refractivity contribution >= 4 is 55.8 Å². The number of nitrogens with one attached hydrogen (secondary N) is 2. The number of hydrogen-bond acceptors (Lipinski definition) is 5. The van der Waals surface area contributed by atoms with Crippen LogP contribution in [0.25, 0.3) is 21.1 Å². The molecule has 4 aromatic rings. The molecule has 0 saturated carbocycles. The van der Waals surface area contributed by atoms with Gasteiger partial charge in [0.25, 0.3) is 5.56 Å². The zero-order valence-corrected chi connectivity index (χ0v) is 19.0. The Bertz CT molecular complexity index is 1330. The minimum absolute atomic E-state index is 0.0484. The molecule has 1 amide bonds. The summed E-state index contributed by atoms with van der Waals surface area (Å²) in [6.07, 6.45) is 6.32. The largest absolute Gasteiger partial charge is 0.347 e. The molecule has 0 spiro atoms. The number of amides is 1. The van der Waals surface area contributed by atoms with Crippen LogP contribution < -0.4 is 10.9 Å². The van der Waals surface area contributed by atoms with Crippen LogP contribution in [0.3, 0.4) is 0 Å². The molecule has 1 aromatic carbocycles. The van der Waals surface area contributed by atoms with Crippen molar-refractivity contribution in [2.45, 2.75) is 44.9 Å². The van der Waals surface area contributed by atoms with Gasteiger partial charge in [0.05, 0.1) is 16.9 Å². The molecule has 0 bridgehead atoms. The lowest BCUT2D eigenvalue weighted by Crippen LogP contribution is -2.15. The first-order valence-electron chi connectivity index (χ1n) is 10.6. The molecule has 0 fully saturated rings. The van der Waals surface area contributed by atoms with Crippen LogP contribution >= 0.6 is 23.1 Å². The van der Waals surface area contributed by atoms with E-state index in [0.29, 0.717) is 17.3 Å². The molecule has 0 radical (unpaired) electrons. The molecule has 8 heteroatoms. The Labute approximate surface area is 188 Å². The van der Waals surface area contributed by atoms with Crippen molar-refractivity contribution in [3.8, 4) is 0 Å². The highest BCUT2D eigenvalue weighted by Crippen LogP contribution is 2.34. The summed E-state index contributed by atoms with van der Waals surface area (Å²) in [5.41, 5.74) is 3.12. The van der Waals surface area contributed by atoms with Crippen LogP contribution in [0.5, 0.6) is 0 Å². The van der Waals surface area contributed by atoms with Crippen LogP contribution in [-0.2, 0) is 29.9 Å². The van der Waals surface area contributed by atoms with E-state index in [2.05, 4.69) is 45.1 Å². The van der Waals surface area contributed by atoms with E-state index in [9.17, 15) is 9.59 Å². The number of rotatable bonds is 7. The molecule has 0 aliphatic heterocycles. The van der Waals surface area contributed by atoms with Gasteiger partial charge in [0.1, 0.15) is 10.7 Å². The first-order chi connectivity index (χ1) is 15.1. The zero-order chi connectivity index (χ0) is 21.4. The summed E-state index contributed by atoms with van der Waals surface area (Å²) in [6.45, 7) is 3.15. The minimum Gasteiger partial charge on any atom is -0.347 e. The highest BCUT2D eigenvalue weighted by molar-refractivity contribution is 7.99. The molecular weight excluding hydrogens is 428 g/mol. The maximum Gasteiger partial charge on any atom is 0.259 e. The van der Waals surface area contributed by atoms with Gasteiger partial charge in [-0.1, -0.05) is 6.92 Å². The number of carbonyl (C=O) groups excluding carboxylic acids is 1. The number of anilines is 1. The Morgan fingerprint density at radius 2 is 2.23 bits per heavy atom. The van der Waals surface area contributed by atoms with Gasteiger partial charge in [0.15, 0.2) is 0 Å². The van der Waals surface area contributed by atoms with Gasteiger partial charge in [-0.25, -0.2) is 4.98 Å². The number of hydrogen-bond donors (Lipinski definition) is 2. The van der Waals surface area contributed by atoms with Crippen LogP contribution in [0.2, 0.25) is 0 Å². The molecule has 160 valence electrons. The summed E-state index contributed by atoms with van der Waals surface area (Å²) in [4.78, 5) is 34.6. The van der Waals surface area contributed by atoms with Gasteiger partial charge in [-0.15, -0.1) is 23.1 Å². The maximum atomic E-state index is 12.5. The molecule has 3 heterocycles. The lowest BCUT2D eigenvalue weighted by atomic mass is 10.2. The van der Waals surface area contributed by atoms with Crippen molar-refractivity contribution in [2.75, 3.05) is 11.1 Å². The number of thiophene rings is 1. The van der Waals surface area contributed by atoms with E-state index in [1.807, 2.05) is 12.1 Å². The fourth-order valence-electron chi connectivity index (χ4n) is 4.27. The number of thioether (sulfide) groups is 1. The van der Waals surface area contributed by atoms with Gasteiger partial charge < -0.3 is 14.9 Å². The number of fused-ring (bicyclic) bond motifs is 4. The maximum absolute atomic E-state index is 12.5. The highest BCUT2D eigenvalue weighted by Gasteiger charge is 2.21. The van der Waals surface area contributed by atoms with Gasteiger partial charge in [-0.05, 0) is 55.5 Å². The molecule has 1 aliphatic rings. The minimum atomic E-state index is -0.0594. The average molecular weight is 453 g/mol. The van der Waals surface area contributed by atoms with Gasteiger partial charge in [0, 0.05) is 34.2 Å². The van der Waals surface area contributed by atoms with Gasteiger partial charge in [-0.2, -0.15) is 0 Å². The normalized spacial score (nSPS) is 13.2. The number of H-pyrrole nitrogens is 1. The van der Waals surface area contributed by atoms with Gasteiger partial charge in [-0.3, -0.25) is 9.59 Å². The second kappa shape index (κ2) is 8.51. The topological polar surface area (TPSA) is 79.8 Å². The molecule has 1 aliphatic carbocycles. The number of benzene rings is 1. The SMILES string of the molecule is CCCn1ccc2cc(NC(=O)CSCc3nc4sc5c(c4c(=O)[nH]3)CCC5)ccc21. The Kier molecular flexibility index (Phi) is 5.58.